The number of likely N-dealkylation sites (N-methyl/N-ethyl adjacent to an activating group) is 1. The van der Waals surface area contributed by atoms with Crippen molar-refractivity contribution in [2.45, 2.75) is 4.90 Å². The number of carbonyl (C=O) groups excluding carboxylic acids is 2. The fourth-order valence-corrected chi connectivity index (χ4v) is 6.29. The van der Waals surface area contributed by atoms with E-state index in [9.17, 15) is 18.0 Å². The van der Waals surface area contributed by atoms with Crippen molar-refractivity contribution < 1.29 is 22.7 Å². The van der Waals surface area contributed by atoms with Gasteiger partial charge >= 0.3 is 0 Å². The molecule has 4 aromatic rings. The summed E-state index contributed by atoms with van der Waals surface area (Å²) in [4.78, 5) is 32.0. The molecule has 3 aromatic carbocycles. The molecule has 0 saturated carbocycles. The van der Waals surface area contributed by atoms with Gasteiger partial charge in [0.25, 0.3) is 11.8 Å². The van der Waals surface area contributed by atoms with Gasteiger partial charge in [-0.3, -0.25) is 9.59 Å². The summed E-state index contributed by atoms with van der Waals surface area (Å²) >= 11 is 1.28. The number of nitrogens with zero attached hydrogens (tertiary/aromatic N) is 5. The van der Waals surface area contributed by atoms with Crippen molar-refractivity contribution >= 4 is 55.9 Å². The van der Waals surface area contributed by atoms with Crippen LogP contribution >= 0.6 is 11.3 Å². The predicted octanol–water partition coefficient (Wildman–Crippen LogP) is 3.26. The zero-order valence-electron chi connectivity index (χ0n) is 22.2. The highest BCUT2D eigenvalue weighted by Crippen LogP contribution is 2.34. The van der Waals surface area contributed by atoms with Gasteiger partial charge in [0.2, 0.25) is 14.8 Å². The Balaban J connectivity index is 1.55. The molecule has 0 unspecified atom stereocenters. The van der Waals surface area contributed by atoms with E-state index in [2.05, 4.69) is 5.32 Å². The average molecular weight is 589 g/mol. The van der Waals surface area contributed by atoms with Crippen LogP contribution in [0.5, 0.6) is 5.75 Å². The van der Waals surface area contributed by atoms with Crippen LogP contribution in [0.2, 0.25) is 0 Å². The first-order chi connectivity index (χ1) is 19.6. The highest BCUT2D eigenvalue weighted by Gasteiger charge is 2.32. The van der Waals surface area contributed by atoms with Crippen molar-refractivity contribution in [1.82, 2.24) is 8.98 Å². The van der Waals surface area contributed by atoms with Gasteiger partial charge in [-0.2, -0.15) is 5.10 Å². The molecule has 13 heteroatoms. The fourth-order valence-electron chi connectivity index (χ4n) is 4.50. The quantitative estimate of drug-likeness (QED) is 0.383. The number of thiazole rings is 1. The summed E-state index contributed by atoms with van der Waals surface area (Å²) in [6.45, 7) is -0.0564. The molecule has 208 valence electrons. The van der Waals surface area contributed by atoms with Crippen LogP contribution in [0.1, 0.15) is 5.56 Å². The molecule has 0 bridgehead atoms. The molecule has 0 fully saturated rings. The second kappa shape index (κ2) is 10.1. The van der Waals surface area contributed by atoms with Crippen LogP contribution in [-0.2, 0) is 19.6 Å². The summed E-state index contributed by atoms with van der Waals surface area (Å²) in [5.74, 6) is 0.0197. The number of carbonyl (C=O) groups is 2. The summed E-state index contributed by atoms with van der Waals surface area (Å²) in [6, 6.07) is 19.1. The van der Waals surface area contributed by atoms with Gasteiger partial charge in [-0.05, 0) is 42.5 Å². The third-order valence-corrected chi connectivity index (χ3v) is 9.27. The Bertz CT molecular complexity index is 1940. The smallest absolute Gasteiger partial charge is 0.279 e. The molecule has 0 spiro atoms. The van der Waals surface area contributed by atoms with Crippen LogP contribution in [0.25, 0.3) is 11.3 Å². The number of sulfonamides is 1. The Labute approximate surface area is 239 Å². The number of aromatic nitrogens is 1. The lowest BCUT2D eigenvalue weighted by Crippen LogP contribution is -2.27. The lowest BCUT2D eigenvalue weighted by molar-refractivity contribution is -0.118. The molecule has 0 saturated heterocycles. The van der Waals surface area contributed by atoms with E-state index in [0.717, 1.165) is 9.99 Å². The Morgan fingerprint density at radius 1 is 1.02 bits per heavy atom. The largest absolute Gasteiger partial charge is 0.482 e. The molecule has 0 aliphatic carbocycles. The highest BCUT2D eigenvalue weighted by molar-refractivity contribution is 7.89. The zero-order chi connectivity index (χ0) is 28.9. The molecular weight excluding hydrogens is 564 g/mol. The molecule has 1 N–H and O–H groups in total. The lowest BCUT2D eigenvalue weighted by Gasteiger charge is -2.18. The number of benzene rings is 3. The predicted molar refractivity (Wildman–Crippen MR) is 156 cm³/mol. The van der Waals surface area contributed by atoms with Crippen molar-refractivity contribution in [3.63, 3.8) is 0 Å². The summed E-state index contributed by atoms with van der Waals surface area (Å²) in [5, 5.41) is 9.46. The van der Waals surface area contributed by atoms with E-state index in [1.165, 1.54) is 37.6 Å². The molecule has 2 amide bonds. The van der Waals surface area contributed by atoms with Gasteiger partial charge in [-0.1, -0.05) is 24.3 Å². The Hall–Kier alpha value is -4.59. The van der Waals surface area contributed by atoms with Crippen LogP contribution < -0.4 is 19.8 Å². The molecule has 0 radical (unpaired) electrons. The fraction of sp³-hybridized carbons (Fsp3) is 0.143. The van der Waals surface area contributed by atoms with E-state index in [-0.39, 0.29) is 29.0 Å². The van der Waals surface area contributed by atoms with Crippen LogP contribution in [0.15, 0.2) is 87.1 Å². The average Bonchev–Trinajstić information content (AvgIpc) is 3.46. The van der Waals surface area contributed by atoms with E-state index in [1.807, 2.05) is 35.7 Å². The summed E-state index contributed by atoms with van der Waals surface area (Å²) < 4.78 is 33.7. The van der Waals surface area contributed by atoms with Gasteiger partial charge in [0.05, 0.1) is 27.7 Å². The lowest BCUT2D eigenvalue weighted by atomic mass is 10.1. The SMILES string of the molecule is CN1C(=O)/C(=N\n2c(-c3ccc4c(c3)NC(=O)CO4)csc2=Nc2cccc(S(=O)(=O)N(C)C)c2)c2ccccc21. The second-order valence-electron chi connectivity index (χ2n) is 9.49. The number of hydrogen-bond acceptors (Lipinski definition) is 8. The minimum absolute atomic E-state index is 0.0564. The van der Waals surface area contributed by atoms with Crippen molar-refractivity contribution in [1.29, 1.82) is 0 Å². The van der Waals surface area contributed by atoms with E-state index in [4.69, 9.17) is 14.8 Å². The maximum Gasteiger partial charge on any atom is 0.279 e. The first-order valence-corrected chi connectivity index (χ1v) is 14.8. The number of hydrogen-bond donors (Lipinski definition) is 1. The van der Waals surface area contributed by atoms with Crippen molar-refractivity contribution in [2.75, 3.05) is 38.0 Å². The normalized spacial score (nSPS) is 16.1. The molecule has 41 heavy (non-hydrogen) atoms. The second-order valence-corrected chi connectivity index (χ2v) is 12.5. The van der Waals surface area contributed by atoms with E-state index >= 15 is 0 Å². The van der Waals surface area contributed by atoms with Crippen LogP contribution in [0, 0.1) is 0 Å². The first-order valence-electron chi connectivity index (χ1n) is 12.4. The first kappa shape index (κ1) is 26.6. The molecule has 2 aliphatic heterocycles. The molecule has 6 rings (SSSR count). The highest BCUT2D eigenvalue weighted by atomic mass is 32.2. The van der Waals surface area contributed by atoms with Gasteiger partial charge in [-0.15, -0.1) is 11.3 Å². The molecule has 11 nitrogen and oxygen atoms in total. The van der Waals surface area contributed by atoms with Gasteiger partial charge in [0, 0.05) is 37.6 Å². The number of amides is 2. The molecular formula is C28H24N6O5S2. The maximum absolute atomic E-state index is 13.3. The number of rotatable bonds is 5. The van der Waals surface area contributed by atoms with Crippen LogP contribution in [0.4, 0.5) is 17.1 Å². The summed E-state index contributed by atoms with van der Waals surface area (Å²) in [6.07, 6.45) is 0. The number of nitrogens with one attached hydrogen (secondary N) is 1. The zero-order valence-corrected chi connectivity index (χ0v) is 23.9. The molecule has 1 aromatic heterocycles. The number of ether oxygens (including phenoxy) is 1. The minimum atomic E-state index is -3.67. The van der Waals surface area contributed by atoms with E-state index in [1.54, 1.807) is 40.9 Å². The topological polar surface area (TPSA) is 126 Å². The standard InChI is InChI=1S/C28H24N6O5S2/c1-32(2)41(37,38)19-8-6-7-18(14-19)29-28-34(31-26-20-9-4-5-10-22(20)33(3)27(26)36)23(16-40-28)17-11-12-24-21(13-17)30-25(35)15-39-24/h4-14,16H,15H2,1-3H3,(H,30,35)/b29-28?,31-26-. The maximum atomic E-state index is 13.3. The van der Waals surface area contributed by atoms with Gasteiger partial charge < -0.3 is 15.0 Å². The van der Waals surface area contributed by atoms with Gasteiger partial charge in [0.1, 0.15) is 5.75 Å². The van der Waals surface area contributed by atoms with Crippen molar-refractivity contribution in [3.05, 3.63) is 82.5 Å². The Kier molecular flexibility index (Phi) is 6.56. The van der Waals surface area contributed by atoms with Crippen molar-refractivity contribution in [3.8, 4) is 17.0 Å². The molecule has 0 atom stereocenters. The number of anilines is 2. The van der Waals surface area contributed by atoms with Crippen LogP contribution in [-0.4, -0.2) is 62.7 Å². The van der Waals surface area contributed by atoms with E-state index < -0.39 is 10.0 Å². The monoisotopic (exact) mass is 588 g/mol. The number of fused-ring (bicyclic) bond motifs is 2. The minimum Gasteiger partial charge on any atom is -0.482 e. The van der Waals surface area contributed by atoms with Crippen LogP contribution in [0.3, 0.4) is 0 Å². The van der Waals surface area contributed by atoms with E-state index in [0.29, 0.717) is 38.7 Å². The third kappa shape index (κ3) is 4.73. The third-order valence-electron chi connectivity index (χ3n) is 6.64. The molecule has 2 aliphatic rings. The Morgan fingerprint density at radius 3 is 2.63 bits per heavy atom. The summed E-state index contributed by atoms with van der Waals surface area (Å²) in [7, 11) is 0.952. The Morgan fingerprint density at radius 2 is 1.83 bits per heavy atom. The number of para-hydroxylation sites is 1. The summed E-state index contributed by atoms with van der Waals surface area (Å²) in [5.41, 5.74) is 3.89. The molecule has 3 heterocycles. The van der Waals surface area contributed by atoms with Gasteiger partial charge in [0.15, 0.2) is 12.3 Å². The van der Waals surface area contributed by atoms with Gasteiger partial charge in [-0.25, -0.2) is 22.4 Å². The van der Waals surface area contributed by atoms with Crippen molar-refractivity contribution in [2.24, 2.45) is 10.1 Å².